The molecule has 1 fully saturated rings. The molecular formula is C20H20N4O. The lowest BCUT2D eigenvalue weighted by molar-refractivity contribution is -0.125. The molecule has 0 saturated carbocycles. The third-order valence-electron chi connectivity index (χ3n) is 4.88. The predicted molar refractivity (Wildman–Crippen MR) is 97.9 cm³/mol. The number of nitrogens with one attached hydrogen (secondary N) is 1. The number of pyridine rings is 2. The van der Waals surface area contributed by atoms with E-state index in [4.69, 9.17) is 0 Å². The smallest absolute Gasteiger partial charge is 0.245 e. The third kappa shape index (κ3) is 3.05. The highest BCUT2D eigenvalue weighted by molar-refractivity contribution is 5.93. The van der Waals surface area contributed by atoms with Gasteiger partial charge in [0.2, 0.25) is 5.91 Å². The van der Waals surface area contributed by atoms with Crippen LogP contribution in [0.25, 0.3) is 22.2 Å². The molecule has 126 valence electrons. The number of amides is 1. The van der Waals surface area contributed by atoms with Gasteiger partial charge < -0.3 is 9.88 Å². The number of carbonyl (C=O) groups excluding carboxylic acids is 1. The minimum absolute atomic E-state index is 0.0293. The first-order chi connectivity index (χ1) is 12.2. The van der Waals surface area contributed by atoms with Gasteiger partial charge in [0, 0.05) is 48.8 Å². The molecule has 25 heavy (non-hydrogen) atoms. The Morgan fingerprint density at radius 2 is 2.24 bits per heavy atom. The summed E-state index contributed by atoms with van der Waals surface area (Å²) in [6, 6.07) is 6.22. The van der Waals surface area contributed by atoms with Crippen molar-refractivity contribution < 1.29 is 4.79 Å². The Balaban J connectivity index is 1.57. The summed E-state index contributed by atoms with van der Waals surface area (Å²) in [4.78, 5) is 25.5. The molecule has 1 N–H and O–H groups in total. The van der Waals surface area contributed by atoms with Gasteiger partial charge in [-0.05, 0) is 54.2 Å². The number of rotatable bonds is 4. The molecule has 1 aliphatic rings. The van der Waals surface area contributed by atoms with Gasteiger partial charge in [0.1, 0.15) is 5.65 Å². The number of hydrogen-bond donors (Lipinski definition) is 1. The number of carbonyl (C=O) groups is 1. The molecule has 1 aliphatic heterocycles. The van der Waals surface area contributed by atoms with Gasteiger partial charge in [-0.25, -0.2) is 4.98 Å². The summed E-state index contributed by atoms with van der Waals surface area (Å²) in [5, 5.41) is 1.13. The highest BCUT2D eigenvalue weighted by Gasteiger charge is 2.25. The minimum Gasteiger partial charge on any atom is -0.346 e. The van der Waals surface area contributed by atoms with Crippen LogP contribution in [0, 0.1) is 5.92 Å². The average molecular weight is 332 g/mol. The first-order valence-electron chi connectivity index (χ1n) is 8.52. The number of aromatic amines is 1. The molecular weight excluding hydrogens is 312 g/mol. The van der Waals surface area contributed by atoms with Crippen molar-refractivity contribution >= 4 is 16.9 Å². The summed E-state index contributed by atoms with van der Waals surface area (Å²) >= 11 is 0. The van der Waals surface area contributed by atoms with Crippen molar-refractivity contribution in [3.63, 3.8) is 0 Å². The minimum atomic E-state index is 0.0293. The van der Waals surface area contributed by atoms with Gasteiger partial charge in [-0.2, -0.15) is 0 Å². The van der Waals surface area contributed by atoms with Crippen LogP contribution in [0.1, 0.15) is 12.0 Å². The molecule has 1 saturated heterocycles. The number of fused-ring (bicyclic) bond motifs is 1. The SMILES string of the molecule is C=CC(=O)N1CC[C@@H](Cc2cnc3[nH]cc(-c4ccncc4)c3c2)C1. The van der Waals surface area contributed by atoms with E-state index in [0.29, 0.717) is 5.92 Å². The second kappa shape index (κ2) is 6.51. The largest absolute Gasteiger partial charge is 0.346 e. The Morgan fingerprint density at radius 3 is 3.04 bits per heavy atom. The van der Waals surface area contributed by atoms with Crippen molar-refractivity contribution in [2.45, 2.75) is 12.8 Å². The van der Waals surface area contributed by atoms with Crippen LogP contribution in [-0.4, -0.2) is 38.8 Å². The van der Waals surface area contributed by atoms with Crippen LogP contribution in [0.4, 0.5) is 0 Å². The van der Waals surface area contributed by atoms with Crippen molar-refractivity contribution in [3.8, 4) is 11.1 Å². The summed E-state index contributed by atoms with van der Waals surface area (Å²) < 4.78 is 0. The maximum atomic E-state index is 11.7. The van der Waals surface area contributed by atoms with Crippen molar-refractivity contribution in [2.24, 2.45) is 5.92 Å². The molecule has 0 aromatic carbocycles. The number of nitrogens with zero attached hydrogens (tertiary/aromatic N) is 3. The average Bonchev–Trinajstić information content (AvgIpc) is 3.28. The molecule has 4 rings (SSSR count). The van der Waals surface area contributed by atoms with E-state index in [2.05, 4.69) is 27.6 Å². The van der Waals surface area contributed by atoms with Crippen LogP contribution in [0.5, 0.6) is 0 Å². The van der Waals surface area contributed by atoms with E-state index in [9.17, 15) is 4.79 Å². The lowest BCUT2D eigenvalue weighted by Crippen LogP contribution is -2.26. The number of likely N-dealkylation sites (tertiary alicyclic amines) is 1. The Morgan fingerprint density at radius 1 is 1.40 bits per heavy atom. The lowest BCUT2D eigenvalue weighted by atomic mass is 9.98. The molecule has 0 radical (unpaired) electrons. The van der Waals surface area contributed by atoms with Crippen molar-refractivity contribution in [3.05, 3.63) is 61.2 Å². The van der Waals surface area contributed by atoms with Crippen LogP contribution in [-0.2, 0) is 11.2 Å². The summed E-state index contributed by atoms with van der Waals surface area (Å²) in [5.41, 5.74) is 4.37. The number of hydrogen-bond acceptors (Lipinski definition) is 3. The highest BCUT2D eigenvalue weighted by Crippen LogP contribution is 2.29. The lowest BCUT2D eigenvalue weighted by Gasteiger charge is -2.14. The Hall–Kier alpha value is -2.95. The predicted octanol–water partition coefficient (Wildman–Crippen LogP) is 3.20. The molecule has 5 heteroatoms. The number of aromatic nitrogens is 3. The van der Waals surface area contributed by atoms with E-state index in [1.165, 1.54) is 11.6 Å². The summed E-state index contributed by atoms with van der Waals surface area (Å²) in [6.07, 6.45) is 10.9. The normalized spacial score (nSPS) is 17.1. The first-order valence-corrected chi connectivity index (χ1v) is 8.52. The van der Waals surface area contributed by atoms with E-state index in [1.54, 1.807) is 12.4 Å². The number of H-pyrrole nitrogens is 1. The fourth-order valence-corrected chi connectivity index (χ4v) is 3.59. The zero-order chi connectivity index (χ0) is 17.2. The standard InChI is InChI=1S/C20H20N4O/c1-2-19(25)24-8-5-14(13-24)9-15-10-17-18(12-23-20(17)22-11-15)16-3-6-21-7-4-16/h2-4,6-7,10-12,14H,1,5,8-9,13H2,(H,22,23)/t14-/m0/s1. The molecule has 0 spiro atoms. The van der Waals surface area contributed by atoms with Gasteiger partial charge in [-0.3, -0.25) is 9.78 Å². The van der Waals surface area contributed by atoms with Gasteiger partial charge in [-0.1, -0.05) is 6.58 Å². The van der Waals surface area contributed by atoms with E-state index in [0.717, 1.165) is 48.1 Å². The van der Waals surface area contributed by atoms with Crippen LogP contribution < -0.4 is 0 Å². The van der Waals surface area contributed by atoms with Gasteiger partial charge in [0.05, 0.1) is 0 Å². The van der Waals surface area contributed by atoms with Crippen molar-refractivity contribution in [1.82, 2.24) is 19.9 Å². The molecule has 3 aromatic heterocycles. The third-order valence-corrected chi connectivity index (χ3v) is 4.88. The fraction of sp³-hybridized carbons (Fsp3) is 0.250. The molecule has 1 amide bonds. The van der Waals surface area contributed by atoms with E-state index in [-0.39, 0.29) is 5.91 Å². The van der Waals surface area contributed by atoms with E-state index >= 15 is 0 Å². The Labute approximate surface area is 146 Å². The molecule has 4 heterocycles. The van der Waals surface area contributed by atoms with E-state index in [1.807, 2.05) is 29.4 Å². The summed E-state index contributed by atoms with van der Waals surface area (Å²) in [6.45, 7) is 5.19. The molecule has 1 atom stereocenters. The maximum Gasteiger partial charge on any atom is 0.245 e. The second-order valence-corrected chi connectivity index (χ2v) is 6.53. The molecule has 0 unspecified atom stereocenters. The van der Waals surface area contributed by atoms with Gasteiger partial charge >= 0.3 is 0 Å². The summed E-state index contributed by atoms with van der Waals surface area (Å²) in [5.74, 6) is 0.508. The van der Waals surface area contributed by atoms with Crippen LogP contribution in [0.15, 0.2) is 55.6 Å². The van der Waals surface area contributed by atoms with Crippen LogP contribution in [0.3, 0.4) is 0 Å². The van der Waals surface area contributed by atoms with Crippen LogP contribution >= 0.6 is 0 Å². The monoisotopic (exact) mass is 332 g/mol. The molecule has 0 aliphatic carbocycles. The Bertz CT molecular complexity index is 916. The topological polar surface area (TPSA) is 61.9 Å². The summed E-state index contributed by atoms with van der Waals surface area (Å²) in [7, 11) is 0. The quantitative estimate of drug-likeness (QED) is 0.746. The Kier molecular flexibility index (Phi) is 4.06. The fourth-order valence-electron chi connectivity index (χ4n) is 3.59. The molecule has 0 bridgehead atoms. The van der Waals surface area contributed by atoms with Crippen LogP contribution in [0.2, 0.25) is 0 Å². The van der Waals surface area contributed by atoms with Gasteiger partial charge in [0.15, 0.2) is 0 Å². The molecule has 5 nitrogen and oxygen atoms in total. The van der Waals surface area contributed by atoms with Gasteiger partial charge in [0.25, 0.3) is 0 Å². The molecule has 3 aromatic rings. The zero-order valence-electron chi connectivity index (χ0n) is 14.0. The van der Waals surface area contributed by atoms with Crippen molar-refractivity contribution in [1.29, 1.82) is 0 Å². The highest BCUT2D eigenvalue weighted by atomic mass is 16.2. The second-order valence-electron chi connectivity index (χ2n) is 6.53. The van der Waals surface area contributed by atoms with Gasteiger partial charge in [-0.15, -0.1) is 0 Å². The van der Waals surface area contributed by atoms with Crippen molar-refractivity contribution in [2.75, 3.05) is 13.1 Å². The zero-order valence-corrected chi connectivity index (χ0v) is 14.0. The maximum absolute atomic E-state index is 11.7. The van der Waals surface area contributed by atoms with E-state index < -0.39 is 0 Å². The first kappa shape index (κ1) is 15.6.